The first-order valence-electron chi connectivity index (χ1n) is 8.68. The van der Waals surface area contributed by atoms with Gasteiger partial charge in [0.05, 0.1) is 36.3 Å². The van der Waals surface area contributed by atoms with E-state index in [0.717, 1.165) is 15.7 Å². The van der Waals surface area contributed by atoms with Crippen LogP contribution in [0.15, 0.2) is 53.0 Å². The zero-order chi connectivity index (χ0) is 20.3. The monoisotopic (exact) mass is 441 g/mol. The SMILES string of the molecule is COC(=O)c1ccccc1Cn1nc(C)c(NC(=O)c2cccc(Br)c2)c1C. The molecule has 0 aliphatic heterocycles. The number of esters is 1. The summed E-state index contributed by atoms with van der Waals surface area (Å²) in [5.41, 5.74) is 4.02. The van der Waals surface area contributed by atoms with Crippen LogP contribution in [0.25, 0.3) is 0 Å². The molecule has 28 heavy (non-hydrogen) atoms. The lowest BCUT2D eigenvalue weighted by Crippen LogP contribution is -2.14. The third-order valence-corrected chi connectivity index (χ3v) is 4.94. The Bertz CT molecular complexity index is 1040. The zero-order valence-electron chi connectivity index (χ0n) is 15.8. The van der Waals surface area contributed by atoms with Crippen molar-refractivity contribution in [3.05, 3.63) is 81.1 Å². The van der Waals surface area contributed by atoms with E-state index in [4.69, 9.17) is 4.74 Å². The number of aryl methyl sites for hydroxylation is 1. The molecule has 0 unspecified atom stereocenters. The molecule has 6 nitrogen and oxygen atoms in total. The zero-order valence-corrected chi connectivity index (χ0v) is 17.4. The Morgan fingerprint density at radius 2 is 1.89 bits per heavy atom. The Hall–Kier alpha value is -2.93. The summed E-state index contributed by atoms with van der Waals surface area (Å²) in [5.74, 6) is -0.595. The number of nitrogens with zero attached hydrogens (tertiary/aromatic N) is 2. The van der Waals surface area contributed by atoms with Crippen molar-refractivity contribution < 1.29 is 14.3 Å². The number of halogens is 1. The van der Waals surface area contributed by atoms with Crippen LogP contribution in [-0.4, -0.2) is 28.8 Å². The molecule has 0 spiro atoms. The van der Waals surface area contributed by atoms with Gasteiger partial charge >= 0.3 is 5.97 Å². The highest BCUT2D eigenvalue weighted by Gasteiger charge is 2.18. The number of carbonyl (C=O) groups is 2. The number of amides is 1. The van der Waals surface area contributed by atoms with E-state index in [9.17, 15) is 9.59 Å². The number of benzene rings is 2. The molecule has 0 bridgehead atoms. The Balaban J connectivity index is 1.87. The summed E-state index contributed by atoms with van der Waals surface area (Å²) in [6, 6.07) is 14.4. The van der Waals surface area contributed by atoms with Gasteiger partial charge in [0.1, 0.15) is 0 Å². The Labute approximate surface area is 171 Å². The van der Waals surface area contributed by atoms with Gasteiger partial charge in [-0.15, -0.1) is 0 Å². The van der Waals surface area contributed by atoms with E-state index >= 15 is 0 Å². The number of anilines is 1. The summed E-state index contributed by atoms with van der Waals surface area (Å²) < 4.78 is 7.46. The van der Waals surface area contributed by atoms with Gasteiger partial charge in [0.2, 0.25) is 0 Å². The number of carbonyl (C=O) groups excluding carboxylic acids is 2. The second-order valence-electron chi connectivity index (χ2n) is 6.32. The van der Waals surface area contributed by atoms with Gasteiger partial charge in [-0.3, -0.25) is 9.48 Å². The molecule has 1 heterocycles. The first-order valence-corrected chi connectivity index (χ1v) is 9.47. The summed E-state index contributed by atoms with van der Waals surface area (Å²) in [6.45, 7) is 4.12. The second-order valence-corrected chi connectivity index (χ2v) is 7.23. The molecule has 0 radical (unpaired) electrons. The van der Waals surface area contributed by atoms with Gasteiger partial charge in [0.25, 0.3) is 5.91 Å². The maximum Gasteiger partial charge on any atom is 0.338 e. The predicted octanol–water partition coefficient (Wildman–Crippen LogP) is 4.35. The summed E-state index contributed by atoms with van der Waals surface area (Å²) in [7, 11) is 1.36. The molecule has 0 fully saturated rings. The van der Waals surface area contributed by atoms with Gasteiger partial charge < -0.3 is 10.1 Å². The lowest BCUT2D eigenvalue weighted by Gasteiger charge is -2.10. The maximum absolute atomic E-state index is 12.6. The molecule has 1 amide bonds. The van der Waals surface area contributed by atoms with E-state index in [1.807, 2.05) is 38.1 Å². The van der Waals surface area contributed by atoms with Crippen LogP contribution in [0.2, 0.25) is 0 Å². The second kappa shape index (κ2) is 8.39. The maximum atomic E-state index is 12.6. The lowest BCUT2D eigenvalue weighted by atomic mass is 10.1. The van der Waals surface area contributed by atoms with Crippen LogP contribution in [0, 0.1) is 13.8 Å². The summed E-state index contributed by atoms with van der Waals surface area (Å²) in [4.78, 5) is 24.6. The number of hydrogen-bond donors (Lipinski definition) is 1. The van der Waals surface area contributed by atoms with Crippen molar-refractivity contribution in [1.29, 1.82) is 0 Å². The van der Waals surface area contributed by atoms with Crippen LogP contribution in [0.1, 0.15) is 37.7 Å². The average Bonchev–Trinajstić information content (AvgIpc) is 2.95. The minimum atomic E-state index is -0.389. The fourth-order valence-corrected chi connectivity index (χ4v) is 3.38. The van der Waals surface area contributed by atoms with Crippen LogP contribution in [0.3, 0.4) is 0 Å². The van der Waals surface area contributed by atoms with Crippen LogP contribution < -0.4 is 5.32 Å². The third kappa shape index (κ3) is 4.14. The van der Waals surface area contributed by atoms with Gasteiger partial charge in [-0.2, -0.15) is 5.10 Å². The topological polar surface area (TPSA) is 73.2 Å². The predicted molar refractivity (Wildman–Crippen MR) is 111 cm³/mol. The van der Waals surface area contributed by atoms with Crippen molar-refractivity contribution in [1.82, 2.24) is 9.78 Å². The molecule has 0 saturated heterocycles. The van der Waals surface area contributed by atoms with Crippen LogP contribution in [0.4, 0.5) is 5.69 Å². The molecule has 0 saturated carbocycles. The van der Waals surface area contributed by atoms with E-state index in [1.54, 1.807) is 28.9 Å². The van der Waals surface area contributed by atoms with Gasteiger partial charge in [-0.1, -0.05) is 40.2 Å². The van der Waals surface area contributed by atoms with E-state index in [2.05, 4.69) is 26.3 Å². The minimum Gasteiger partial charge on any atom is -0.465 e. The molecule has 0 atom stereocenters. The normalized spacial score (nSPS) is 10.6. The first kappa shape index (κ1) is 19.8. The molecule has 1 aromatic heterocycles. The molecule has 144 valence electrons. The van der Waals surface area contributed by atoms with Crippen molar-refractivity contribution in [3.63, 3.8) is 0 Å². The number of ether oxygens (including phenoxy) is 1. The first-order chi connectivity index (χ1) is 13.4. The molecule has 3 rings (SSSR count). The van der Waals surface area contributed by atoms with Crippen molar-refractivity contribution >= 4 is 33.5 Å². The quantitative estimate of drug-likeness (QED) is 0.597. The molecular weight excluding hydrogens is 422 g/mol. The van der Waals surface area contributed by atoms with Gasteiger partial charge in [-0.05, 0) is 43.7 Å². The average molecular weight is 442 g/mol. The number of rotatable bonds is 5. The van der Waals surface area contributed by atoms with E-state index in [-0.39, 0.29) is 11.9 Å². The van der Waals surface area contributed by atoms with Gasteiger partial charge in [-0.25, -0.2) is 4.79 Å². The standard InChI is InChI=1S/C21H20BrN3O3/c1-13-19(23-20(26)15-8-6-9-17(22)11-15)14(2)25(24-13)12-16-7-4-5-10-18(16)21(27)28-3/h4-11H,12H2,1-3H3,(H,23,26). The highest BCUT2D eigenvalue weighted by Crippen LogP contribution is 2.23. The molecule has 0 aliphatic carbocycles. The largest absolute Gasteiger partial charge is 0.465 e. The fourth-order valence-electron chi connectivity index (χ4n) is 2.98. The molecular formula is C21H20BrN3O3. The van der Waals surface area contributed by atoms with Crippen LogP contribution >= 0.6 is 15.9 Å². The molecule has 1 N–H and O–H groups in total. The Morgan fingerprint density at radius 3 is 2.61 bits per heavy atom. The highest BCUT2D eigenvalue weighted by atomic mass is 79.9. The van der Waals surface area contributed by atoms with Crippen molar-refractivity contribution in [2.75, 3.05) is 12.4 Å². The van der Waals surface area contributed by atoms with Crippen molar-refractivity contribution in [3.8, 4) is 0 Å². The van der Waals surface area contributed by atoms with Crippen LogP contribution in [-0.2, 0) is 11.3 Å². The number of hydrogen-bond acceptors (Lipinski definition) is 4. The summed E-state index contributed by atoms with van der Waals surface area (Å²) in [5, 5.41) is 7.48. The Kier molecular flexibility index (Phi) is 5.94. The van der Waals surface area contributed by atoms with E-state index in [0.29, 0.717) is 29.1 Å². The smallest absolute Gasteiger partial charge is 0.338 e. The number of nitrogens with one attached hydrogen (secondary N) is 1. The van der Waals surface area contributed by atoms with E-state index in [1.165, 1.54) is 7.11 Å². The Morgan fingerprint density at radius 1 is 1.14 bits per heavy atom. The van der Waals surface area contributed by atoms with E-state index < -0.39 is 0 Å². The van der Waals surface area contributed by atoms with Gasteiger partial charge in [0.15, 0.2) is 0 Å². The summed E-state index contributed by atoms with van der Waals surface area (Å²) >= 11 is 3.38. The molecule has 7 heteroatoms. The summed E-state index contributed by atoms with van der Waals surface area (Å²) in [6.07, 6.45) is 0. The fraction of sp³-hybridized carbons (Fsp3) is 0.190. The number of aromatic nitrogens is 2. The van der Waals surface area contributed by atoms with Gasteiger partial charge in [0, 0.05) is 10.0 Å². The molecule has 0 aliphatic rings. The third-order valence-electron chi connectivity index (χ3n) is 4.45. The van der Waals surface area contributed by atoms with Crippen molar-refractivity contribution in [2.45, 2.75) is 20.4 Å². The molecule has 2 aromatic carbocycles. The van der Waals surface area contributed by atoms with Crippen molar-refractivity contribution in [2.24, 2.45) is 0 Å². The minimum absolute atomic E-state index is 0.206. The highest BCUT2D eigenvalue weighted by molar-refractivity contribution is 9.10. The van der Waals surface area contributed by atoms with Crippen LogP contribution in [0.5, 0.6) is 0 Å². The molecule has 3 aromatic rings. The number of methoxy groups -OCH3 is 1. The lowest BCUT2D eigenvalue weighted by molar-refractivity contribution is 0.0599.